The molecule has 0 fully saturated rings. The Hall–Kier alpha value is -2.04. The van der Waals surface area contributed by atoms with E-state index in [1.54, 1.807) is 6.92 Å². The van der Waals surface area contributed by atoms with Crippen LogP contribution in [0.4, 0.5) is 5.69 Å². The van der Waals surface area contributed by atoms with E-state index in [2.05, 4.69) is 5.32 Å². The van der Waals surface area contributed by atoms with Crippen LogP contribution in [0.2, 0.25) is 0 Å². The van der Waals surface area contributed by atoms with E-state index in [9.17, 15) is 9.59 Å². The topological polar surface area (TPSA) is 75.6 Å². The van der Waals surface area contributed by atoms with Gasteiger partial charge < -0.3 is 15.2 Å². The Morgan fingerprint density at radius 3 is 3.00 bits per heavy atom. The van der Waals surface area contributed by atoms with Crippen molar-refractivity contribution in [2.45, 2.75) is 6.92 Å². The lowest BCUT2D eigenvalue weighted by Gasteiger charge is -2.07. The average Bonchev–Trinajstić information content (AvgIpc) is 2.39. The number of aromatic carboxylic acids is 1. The van der Waals surface area contributed by atoms with Gasteiger partial charge in [0.25, 0.3) is 0 Å². The molecule has 2 rings (SSSR count). The van der Waals surface area contributed by atoms with Crippen molar-refractivity contribution in [1.82, 2.24) is 0 Å². The molecule has 0 unspecified atom stereocenters. The number of benzene rings is 1. The second-order valence-corrected chi connectivity index (χ2v) is 3.72. The number of carboxylic acid groups (broad SMARTS) is 1. The Kier molecular flexibility index (Phi) is 2.52. The minimum atomic E-state index is -1.02. The monoisotopic (exact) mass is 221 g/mol. The van der Waals surface area contributed by atoms with Crippen molar-refractivity contribution in [3.8, 4) is 5.75 Å². The zero-order valence-corrected chi connectivity index (χ0v) is 8.69. The van der Waals surface area contributed by atoms with Gasteiger partial charge in [0.1, 0.15) is 5.75 Å². The molecular weight excluding hydrogens is 210 g/mol. The molecule has 0 radical (unpaired) electrons. The summed E-state index contributed by atoms with van der Waals surface area (Å²) in [6, 6.07) is 4.38. The molecule has 2 N–H and O–H groups in total. The molecule has 0 spiro atoms. The number of carboxylic acids is 1. The van der Waals surface area contributed by atoms with E-state index >= 15 is 0 Å². The second-order valence-electron chi connectivity index (χ2n) is 3.72. The molecular formula is C11H11NO4. The number of rotatable bonds is 1. The molecule has 16 heavy (non-hydrogen) atoms. The van der Waals surface area contributed by atoms with Gasteiger partial charge in [0.2, 0.25) is 5.91 Å². The molecule has 5 nitrogen and oxygen atoms in total. The molecule has 1 aliphatic heterocycles. The number of fused-ring (bicyclic) bond motifs is 1. The molecule has 1 aliphatic rings. The summed E-state index contributed by atoms with van der Waals surface area (Å²) in [7, 11) is 0. The summed E-state index contributed by atoms with van der Waals surface area (Å²) in [4.78, 5) is 22.2. The van der Waals surface area contributed by atoms with Crippen molar-refractivity contribution in [2.75, 3.05) is 11.9 Å². The van der Waals surface area contributed by atoms with Gasteiger partial charge in [-0.15, -0.1) is 0 Å². The van der Waals surface area contributed by atoms with Crippen molar-refractivity contribution in [3.63, 3.8) is 0 Å². The first-order chi connectivity index (χ1) is 7.58. The summed E-state index contributed by atoms with van der Waals surface area (Å²) >= 11 is 0. The standard InChI is InChI=1S/C11H11NO4/c1-6-5-16-9-4-7(11(14)15)2-3-8(9)12-10(6)13/h2-4,6H,5H2,1H3,(H,12,13)(H,14,15)/t6-/m0/s1. The van der Waals surface area contributed by atoms with Crippen LogP contribution in [0.15, 0.2) is 18.2 Å². The number of anilines is 1. The van der Waals surface area contributed by atoms with Crippen LogP contribution in [0.25, 0.3) is 0 Å². The summed E-state index contributed by atoms with van der Waals surface area (Å²) in [5, 5.41) is 11.5. The third kappa shape index (κ3) is 1.84. The fourth-order valence-electron chi connectivity index (χ4n) is 1.42. The van der Waals surface area contributed by atoms with Gasteiger partial charge in [0, 0.05) is 0 Å². The average molecular weight is 221 g/mol. The van der Waals surface area contributed by atoms with E-state index in [-0.39, 0.29) is 24.0 Å². The van der Waals surface area contributed by atoms with Crippen LogP contribution in [0, 0.1) is 5.92 Å². The normalized spacial score (nSPS) is 19.1. The number of hydrogen-bond donors (Lipinski definition) is 2. The third-order valence-electron chi connectivity index (χ3n) is 2.42. The van der Waals surface area contributed by atoms with Gasteiger partial charge in [-0.05, 0) is 18.2 Å². The first-order valence-electron chi connectivity index (χ1n) is 4.89. The highest BCUT2D eigenvalue weighted by Crippen LogP contribution is 2.29. The number of carbonyl (C=O) groups is 2. The Labute approximate surface area is 92.0 Å². The molecule has 0 aromatic heterocycles. The Morgan fingerprint density at radius 2 is 2.31 bits per heavy atom. The van der Waals surface area contributed by atoms with Crippen LogP contribution in [0.1, 0.15) is 17.3 Å². The van der Waals surface area contributed by atoms with Crippen molar-refractivity contribution in [3.05, 3.63) is 23.8 Å². The van der Waals surface area contributed by atoms with Crippen molar-refractivity contribution in [1.29, 1.82) is 0 Å². The van der Waals surface area contributed by atoms with Crippen molar-refractivity contribution < 1.29 is 19.4 Å². The SMILES string of the molecule is C[C@H]1COc2cc(C(=O)O)ccc2NC1=O. The maximum absolute atomic E-state index is 11.5. The van der Waals surface area contributed by atoms with Gasteiger partial charge in [-0.2, -0.15) is 0 Å². The highest BCUT2D eigenvalue weighted by Gasteiger charge is 2.21. The first kappa shape index (κ1) is 10.5. The van der Waals surface area contributed by atoms with Crippen molar-refractivity contribution >= 4 is 17.6 Å². The summed E-state index contributed by atoms with van der Waals surface area (Å²) in [6.07, 6.45) is 0. The predicted molar refractivity (Wildman–Crippen MR) is 56.7 cm³/mol. The van der Waals surface area contributed by atoms with Crippen LogP contribution in [-0.2, 0) is 4.79 Å². The molecule has 5 heteroatoms. The minimum Gasteiger partial charge on any atom is -0.491 e. The van der Waals surface area contributed by atoms with Gasteiger partial charge in [-0.1, -0.05) is 6.92 Å². The number of hydrogen-bond acceptors (Lipinski definition) is 3. The van der Waals surface area contributed by atoms with E-state index in [4.69, 9.17) is 9.84 Å². The van der Waals surface area contributed by atoms with Crippen LogP contribution >= 0.6 is 0 Å². The fraction of sp³-hybridized carbons (Fsp3) is 0.273. The molecule has 1 amide bonds. The van der Waals surface area contributed by atoms with E-state index in [1.165, 1.54) is 18.2 Å². The molecule has 0 saturated carbocycles. The minimum absolute atomic E-state index is 0.123. The van der Waals surface area contributed by atoms with Crippen LogP contribution < -0.4 is 10.1 Å². The van der Waals surface area contributed by atoms with Gasteiger partial charge in [0.05, 0.1) is 23.8 Å². The molecule has 1 aromatic carbocycles. The predicted octanol–water partition coefficient (Wildman–Crippen LogP) is 1.35. The van der Waals surface area contributed by atoms with Gasteiger partial charge in [-0.3, -0.25) is 4.79 Å². The Bertz CT molecular complexity index is 455. The summed E-state index contributed by atoms with van der Waals surface area (Å²) in [6.45, 7) is 2.00. The van der Waals surface area contributed by atoms with E-state index in [1.807, 2.05) is 0 Å². The fourth-order valence-corrected chi connectivity index (χ4v) is 1.42. The number of nitrogens with one attached hydrogen (secondary N) is 1. The molecule has 1 atom stereocenters. The molecule has 0 bridgehead atoms. The molecule has 1 aromatic rings. The van der Waals surface area contributed by atoms with Crippen molar-refractivity contribution in [2.24, 2.45) is 5.92 Å². The number of amides is 1. The Morgan fingerprint density at radius 1 is 1.56 bits per heavy atom. The van der Waals surface area contributed by atoms with E-state index in [0.29, 0.717) is 11.4 Å². The number of carbonyl (C=O) groups excluding carboxylic acids is 1. The lowest BCUT2D eigenvalue weighted by molar-refractivity contribution is -0.119. The summed E-state index contributed by atoms with van der Waals surface area (Å²) < 4.78 is 5.38. The molecule has 1 heterocycles. The van der Waals surface area contributed by atoms with Gasteiger partial charge in [-0.25, -0.2) is 4.79 Å². The Balaban J connectivity index is 2.38. The maximum atomic E-state index is 11.5. The second kappa shape index (κ2) is 3.84. The van der Waals surface area contributed by atoms with E-state index in [0.717, 1.165) is 0 Å². The quantitative estimate of drug-likeness (QED) is 0.750. The van der Waals surface area contributed by atoms with E-state index < -0.39 is 5.97 Å². The number of ether oxygens (including phenoxy) is 1. The first-order valence-corrected chi connectivity index (χ1v) is 4.89. The highest BCUT2D eigenvalue weighted by molar-refractivity contribution is 5.96. The summed E-state index contributed by atoms with van der Waals surface area (Å²) in [5.74, 6) is -0.991. The van der Waals surface area contributed by atoms with Crippen LogP contribution in [0.5, 0.6) is 5.75 Å². The smallest absolute Gasteiger partial charge is 0.335 e. The maximum Gasteiger partial charge on any atom is 0.335 e. The van der Waals surface area contributed by atoms with Gasteiger partial charge >= 0.3 is 5.97 Å². The van der Waals surface area contributed by atoms with Gasteiger partial charge in [0.15, 0.2) is 0 Å². The third-order valence-corrected chi connectivity index (χ3v) is 2.42. The zero-order valence-electron chi connectivity index (χ0n) is 8.69. The van der Waals surface area contributed by atoms with Crippen LogP contribution in [0.3, 0.4) is 0 Å². The lowest BCUT2D eigenvalue weighted by Crippen LogP contribution is -2.21. The molecule has 0 aliphatic carbocycles. The largest absolute Gasteiger partial charge is 0.491 e. The summed E-state index contributed by atoms with van der Waals surface area (Å²) in [5.41, 5.74) is 0.655. The van der Waals surface area contributed by atoms with Crippen LogP contribution in [-0.4, -0.2) is 23.6 Å². The zero-order chi connectivity index (χ0) is 11.7. The molecule has 0 saturated heterocycles. The lowest BCUT2D eigenvalue weighted by atomic mass is 10.2. The highest BCUT2D eigenvalue weighted by atomic mass is 16.5. The molecule has 84 valence electrons.